The molecule has 0 N–H and O–H groups in total. The minimum Gasteiger partial charge on any atom is -0.481 e. The van der Waals surface area contributed by atoms with E-state index in [9.17, 15) is 0 Å². The summed E-state index contributed by atoms with van der Waals surface area (Å²) < 4.78 is 10.9. The highest BCUT2D eigenvalue weighted by molar-refractivity contribution is 5.50. The number of piperazine rings is 1. The van der Waals surface area contributed by atoms with Crippen molar-refractivity contribution in [1.29, 1.82) is 0 Å². The van der Waals surface area contributed by atoms with Crippen LogP contribution in [0.15, 0.2) is 47.3 Å². The van der Waals surface area contributed by atoms with Crippen molar-refractivity contribution in [3.8, 4) is 17.3 Å². The van der Waals surface area contributed by atoms with Crippen LogP contribution >= 0.6 is 0 Å². The summed E-state index contributed by atoms with van der Waals surface area (Å²) in [6.45, 7) is 4.37. The lowest BCUT2D eigenvalue weighted by atomic mass is 10.2. The molecule has 1 aliphatic heterocycles. The van der Waals surface area contributed by atoms with Crippen LogP contribution < -0.4 is 9.64 Å². The van der Waals surface area contributed by atoms with E-state index < -0.39 is 0 Å². The summed E-state index contributed by atoms with van der Waals surface area (Å²) in [6, 6.07) is 7.69. The van der Waals surface area contributed by atoms with Crippen molar-refractivity contribution in [3.63, 3.8) is 0 Å². The lowest BCUT2D eigenvalue weighted by Crippen LogP contribution is -2.46. The maximum absolute atomic E-state index is 5.77. The SMILES string of the molecule is COc1ccc(N2CCN(Cc3nnc(-c4cccnc4)o3)CC2)cn1. The van der Waals surface area contributed by atoms with Crippen molar-refractivity contribution in [1.82, 2.24) is 25.1 Å². The first-order valence-electron chi connectivity index (χ1n) is 8.52. The molecule has 0 radical (unpaired) electrons. The highest BCUT2D eigenvalue weighted by Crippen LogP contribution is 2.20. The monoisotopic (exact) mass is 352 g/mol. The third kappa shape index (κ3) is 3.65. The molecule has 0 amide bonds. The van der Waals surface area contributed by atoms with Gasteiger partial charge in [-0.1, -0.05) is 0 Å². The van der Waals surface area contributed by atoms with Gasteiger partial charge in [0.1, 0.15) is 0 Å². The Morgan fingerprint density at radius 2 is 1.96 bits per heavy atom. The van der Waals surface area contributed by atoms with Gasteiger partial charge in [0.2, 0.25) is 17.7 Å². The van der Waals surface area contributed by atoms with E-state index in [1.54, 1.807) is 19.5 Å². The molecule has 0 saturated carbocycles. The van der Waals surface area contributed by atoms with Crippen LogP contribution in [0.2, 0.25) is 0 Å². The first-order valence-corrected chi connectivity index (χ1v) is 8.52. The zero-order chi connectivity index (χ0) is 17.8. The number of ether oxygens (including phenoxy) is 1. The van der Waals surface area contributed by atoms with Gasteiger partial charge >= 0.3 is 0 Å². The molecule has 1 fully saturated rings. The highest BCUT2D eigenvalue weighted by Gasteiger charge is 2.20. The van der Waals surface area contributed by atoms with Gasteiger partial charge in [0.05, 0.1) is 31.1 Å². The molecular formula is C18H20N6O2. The van der Waals surface area contributed by atoms with Crippen LogP contribution in [0.1, 0.15) is 5.89 Å². The summed E-state index contributed by atoms with van der Waals surface area (Å²) in [4.78, 5) is 13.0. The van der Waals surface area contributed by atoms with Crippen LogP contribution in [0.3, 0.4) is 0 Å². The topological polar surface area (TPSA) is 80.4 Å². The second kappa shape index (κ2) is 7.49. The first kappa shape index (κ1) is 16.5. The molecule has 0 spiro atoms. The number of nitrogens with zero attached hydrogens (tertiary/aromatic N) is 6. The van der Waals surface area contributed by atoms with Crippen molar-refractivity contribution in [3.05, 3.63) is 48.7 Å². The molecule has 3 aromatic heterocycles. The summed E-state index contributed by atoms with van der Waals surface area (Å²) in [5.41, 5.74) is 1.95. The maximum atomic E-state index is 5.77. The summed E-state index contributed by atoms with van der Waals surface area (Å²) in [7, 11) is 1.62. The molecule has 8 nitrogen and oxygen atoms in total. The van der Waals surface area contributed by atoms with E-state index >= 15 is 0 Å². The van der Waals surface area contributed by atoms with Gasteiger partial charge in [-0.05, 0) is 18.2 Å². The predicted molar refractivity (Wildman–Crippen MR) is 95.8 cm³/mol. The van der Waals surface area contributed by atoms with Crippen molar-refractivity contribution in [2.45, 2.75) is 6.54 Å². The Bertz CT molecular complexity index is 828. The van der Waals surface area contributed by atoms with E-state index in [1.807, 2.05) is 30.5 Å². The number of methoxy groups -OCH3 is 1. The lowest BCUT2D eigenvalue weighted by Gasteiger charge is -2.35. The maximum Gasteiger partial charge on any atom is 0.249 e. The van der Waals surface area contributed by atoms with Crippen molar-refractivity contribution < 1.29 is 9.15 Å². The first-order chi connectivity index (χ1) is 12.8. The molecule has 134 valence electrons. The molecule has 4 rings (SSSR count). The molecule has 8 heteroatoms. The molecule has 3 aromatic rings. The van der Waals surface area contributed by atoms with Crippen LogP contribution in [0.5, 0.6) is 5.88 Å². The number of pyridine rings is 2. The van der Waals surface area contributed by atoms with Gasteiger partial charge in [-0.2, -0.15) is 0 Å². The quantitative estimate of drug-likeness (QED) is 0.688. The van der Waals surface area contributed by atoms with Gasteiger partial charge in [0, 0.05) is 44.6 Å². The number of aromatic nitrogens is 4. The van der Waals surface area contributed by atoms with E-state index in [1.165, 1.54) is 0 Å². The summed E-state index contributed by atoms with van der Waals surface area (Å²) in [6.07, 6.45) is 5.30. The van der Waals surface area contributed by atoms with Gasteiger partial charge in [0.25, 0.3) is 0 Å². The van der Waals surface area contributed by atoms with Gasteiger partial charge in [-0.3, -0.25) is 9.88 Å². The van der Waals surface area contributed by atoms with Crippen LogP contribution in [0.4, 0.5) is 5.69 Å². The second-order valence-electron chi connectivity index (χ2n) is 6.06. The molecule has 1 aliphatic rings. The molecule has 4 heterocycles. The molecule has 0 aromatic carbocycles. The number of hydrogen-bond acceptors (Lipinski definition) is 8. The van der Waals surface area contributed by atoms with E-state index in [4.69, 9.17) is 9.15 Å². The van der Waals surface area contributed by atoms with Crippen molar-refractivity contribution in [2.24, 2.45) is 0 Å². The molecule has 0 bridgehead atoms. The second-order valence-corrected chi connectivity index (χ2v) is 6.06. The zero-order valence-electron chi connectivity index (χ0n) is 14.6. The van der Waals surface area contributed by atoms with E-state index in [0.29, 0.717) is 24.2 Å². The van der Waals surface area contributed by atoms with E-state index in [0.717, 1.165) is 37.4 Å². The fraction of sp³-hybridized carbons (Fsp3) is 0.333. The summed E-state index contributed by atoms with van der Waals surface area (Å²) in [5.74, 6) is 1.77. The van der Waals surface area contributed by atoms with Gasteiger partial charge in [-0.25, -0.2) is 4.98 Å². The van der Waals surface area contributed by atoms with Gasteiger partial charge in [0.15, 0.2) is 0 Å². The third-order valence-electron chi connectivity index (χ3n) is 4.40. The Morgan fingerprint density at radius 3 is 2.65 bits per heavy atom. The number of anilines is 1. The Morgan fingerprint density at radius 1 is 1.08 bits per heavy atom. The predicted octanol–water partition coefficient (Wildman–Crippen LogP) is 1.86. The minimum atomic E-state index is 0.510. The Balaban J connectivity index is 1.33. The van der Waals surface area contributed by atoms with Crippen molar-refractivity contribution >= 4 is 5.69 Å². The molecule has 0 unspecified atom stereocenters. The Kier molecular flexibility index (Phi) is 4.74. The Labute approximate surface area is 151 Å². The lowest BCUT2D eigenvalue weighted by molar-refractivity contribution is 0.227. The Hall–Kier alpha value is -3.00. The van der Waals surface area contributed by atoms with Gasteiger partial charge in [-0.15, -0.1) is 10.2 Å². The van der Waals surface area contributed by atoms with Crippen LogP contribution in [0, 0.1) is 0 Å². The van der Waals surface area contributed by atoms with Crippen LogP contribution in [-0.4, -0.2) is 58.4 Å². The fourth-order valence-corrected chi connectivity index (χ4v) is 2.96. The summed E-state index contributed by atoms with van der Waals surface area (Å²) >= 11 is 0. The number of rotatable bonds is 5. The average molecular weight is 352 g/mol. The van der Waals surface area contributed by atoms with Crippen LogP contribution in [-0.2, 0) is 6.54 Å². The molecular weight excluding hydrogens is 332 g/mol. The zero-order valence-corrected chi connectivity index (χ0v) is 14.6. The highest BCUT2D eigenvalue weighted by atomic mass is 16.5. The van der Waals surface area contributed by atoms with Gasteiger partial charge < -0.3 is 14.1 Å². The van der Waals surface area contributed by atoms with E-state index in [-0.39, 0.29) is 0 Å². The van der Waals surface area contributed by atoms with E-state index in [2.05, 4.69) is 30.0 Å². The number of hydrogen-bond donors (Lipinski definition) is 0. The molecule has 0 atom stereocenters. The van der Waals surface area contributed by atoms with Crippen LogP contribution in [0.25, 0.3) is 11.5 Å². The minimum absolute atomic E-state index is 0.510. The standard InChI is InChI=1S/C18H20N6O2/c1-25-16-5-4-15(12-20-16)24-9-7-23(8-10-24)13-17-21-22-18(26-17)14-3-2-6-19-11-14/h2-6,11-12H,7-10,13H2,1H3. The van der Waals surface area contributed by atoms with Crippen molar-refractivity contribution in [2.75, 3.05) is 38.2 Å². The summed E-state index contributed by atoms with van der Waals surface area (Å²) in [5, 5.41) is 8.28. The fourth-order valence-electron chi connectivity index (χ4n) is 2.96. The third-order valence-corrected chi connectivity index (χ3v) is 4.40. The largest absolute Gasteiger partial charge is 0.481 e. The average Bonchev–Trinajstić information content (AvgIpc) is 3.18. The molecule has 0 aliphatic carbocycles. The normalized spacial score (nSPS) is 15.2. The molecule has 1 saturated heterocycles. The smallest absolute Gasteiger partial charge is 0.249 e. The molecule has 26 heavy (non-hydrogen) atoms.